The molecule has 5 aromatic rings. The summed E-state index contributed by atoms with van der Waals surface area (Å²) in [6, 6.07) is 25.4. The Hall–Kier alpha value is -4.89. The minimum Gasteiger partial charge on any atom is -0.462 e. The van der Waals surface area contributed by atoms with Gasteiger partial charge >= 0.3 is 5.97 Å². The number of rotatable bonds is 9. The summed E-state index contributed by atoms with van der Waals surface area (Å²) in [7, 11) is 1.59. The zero-order chi connectivity index (χ0) is 28.8. The van der Waals surface area contributed by atoms with Crippen molar-refractivity contribution in [3.05, 3.63) is 124 Å². The number of carbonyl (C=O) groups is 2. The predicted molar refractivity (Wildman–Crippen MR) is 155 cm³/mol. The van der Waals surface area contributed by atoms with Crippen LogP contribution in [0.25, 0.3) is 16.7 Å². The van der Waals surface area contributed by atoms with Gasteiger partial charge in [0.2, 0.25) is 0 Å². The summed E-state index contributed by atoms with van der Waals surface area (Å²) in [5.74, 6) is -1.87. The molecule has 0 saturated carbocycles. The number of amides is 1. The highest BCUT2D eigenvalue weighted by Gasteiger charge is 2.25. The summed E-state index contributed by atoms with van der Waals surface area (Å²) < 4.78 is 13.7. The molecule has 0 aliphatic heterocycles. The van der Waals surface area contributed by atoms with Gasteiger partial charge in [0, 0.05) is 26.5 Å². The zero-order valence-electron chi connectivity index (χ0n) is 22.9. The van der Waals surface area contributed by atoms with Crippen molar-refractivity contribution in [1.29, 1.82) is 0 Å². The number of carbonyl (C=O) groups excluding carboxylic acids is 2. The van der Waals surface area contributed by atoms with Crippen molar-refractivity contribution >= 4 is 28.6 Å². The van der Waals surface area contributed by atoms with Gasteiger partial charge in [-0.05, 0) is 42.7 Å². The molecule has 3 heterocycles. The van der Waals surface area contributed by atoms with Gasteiger partial charge in [-0.2, -0.15) is 4.99 Å². The predicted octanol–water partition coefficient (Wildman–Crippen LogP) is 4.12. The molecule has 3 aromatic heterocycles. The van der Waals surface area contributed by atoms with Crippen molar-refractivity contribution in [2.45, 2.75) is 25.8 Å². The highest BCUT2D eigenvalue weighted by Crippen LogP contribution is 2.26. The third-order valence-corrected chi connectivity index (χ3v) is 6.74. The molecular formula is C32H30N4O5. The number of aromatic nitrogens is 3. The lowest BCUT2D eigenvalue weighted by molar-refractivity contribution is -0.118. The van der Waals surface area contributed by atoms with Gasteiger partial charge in [-0.15, -0.1) is 0 Å². The van der Waals surface area contributed by atoms with Gasteiger partial charge < -0.3 is 14.0 Å². The van der Waals surface area contributed by atoms with Gasteiger partial charge in [0.15, 0.2) is 5.49 Å². The second-order valence-corrected chi connectivity index (χ2v) is 9.39. The maximum absolute atomic E-state index is 14.1. The minimum absolute atomic E-state index is 0.0137. The molecule has 208 valence electrons. The van der Waals surface area contributed by atoms with Crippen molar-refractivity contribution in [3.63, 3.8) is 0 Å². The van der Waals surface area contributed by atoms with Gasteiger partial charge in [-0.3, -0.25) is 14.0 Å². The SMILES string of the molecule is CCOC(=O)c1cc2c(=O)n3ccccc3nc2n(CCCOC)c1=NC(=O)C(c1ccccc1)c1ccccc1. The largest absolute Gasteiger partial charge is 0.462 e. The Morgan fingerprint density at radius 3 is 2.24 bits per heavy atom. The number of hydrogen-bond donors (Lipinski definition) is 0. The van der Waals surface area contributed by atoms with Crippen LogP contribution in [0, 0.1) is 0 Å². The summed E-state index contributed by atoms with van der Waals surface area (Å²) >= 11 is 0. The number of ether oxygens (including phenoxy) is 2. The Kier molecular flexibility index (Phi) is 8.45. The van der Waals surface area contributed by atoms with E-state index in [4.69, 9.17) is 14.5 Å². The second kappa shape index (κ2) is 12.5. The summed E-state index contributed by atoms with van der Waals surface area (Å²) in [5.41, 5.74) is 2.02. The molecule has 41 heavy (non-hydrogen) atoms. The van der Waals surface area contributed by atoms with E-state index in [1.165, 1.54) is 10.5 Å². The lowest BCUT2D eigenvalue weighted by Gasteiger charge is -2.17. The Bertz CT molecular complexity index is 1790. The maximum Gasteiger partial charge on any atom is 0.341 e. The topological polar surface area (TPSA) is 104 Å². The second-order valence-electron chi connectivity index (χ2n) is 9.39. The van der Waals surface area contributed by atoms with E-state index in [1.54, 1.807) is 43.0 Å². The lowest BCUT2D eigenvalue weighted by Crippen LogP contribution is -2.33. The van der Waals surface area contributed by atoms with E-state index < -0.39 is 17.8 Å². The first-order valence-corrected chi connectivity index (χ1v) is 13.4. The fourth-order valence-corrected chi connectivity index (χ4v) is 4.87. The summed E-state index contributed by atoms with van der Waals surface area (Å²) in [6.07, 6.45) is 2.14. The van der Waals surface area contributed by atoms with E-state index in [-0.39, 0.29) is 28.6 Å². The summed E-state index contributed by atoms with van der Waals surface area (Å²) in [5, 5.41) is 0.211. The number of nitrogens with zero attached hydrogens (tertiary/aromatic N) is 4. The smallest absolute Gasteiger partial charge is 0.341 e. The van der Waals surface area contributed by atoms with Crippen LogP contribution in [0.3, 0.4) is 0 Å². The third-order valence-electron chi connectivity index (χ3n) is 6.74. The van der Waals surface area contributed by atoms with Crippen LogP contribution >= 0.6 is 0 Å². The maximum atomic E-state index is 14.1. The average molecular weight is 551 g/mol. The molecule has 0 atom stereocenters. The fraction of sp³-hybridized carbons (Fsp3) is 0.219. The van der Waals surface area contributed by atoms with Crippen LogP contribution in [-0.4, -0.2) is 46.2 Å². The average Bonchev–Trinajstić information content (AvgIpc) is 2.99. The molecule has 2 aromatic carbocycles. The van der Waals surface area contributed by atoms with Gasteiger partial charge in [0.1, 0.15) is 16.9 Å². The van der Waals surface area contributed by atoms with Crippen molar-refractivity contribution in [3.8, 4) is 0 Å². The fourth-order valence-electron chi connectivity index (χ4n) is 4.87. The van der Waals surface area contributed by atoms with Crippen molar-refractivity contribution < 1.29 is 19.1 Å². The van der Waals surface area contributed by atoms with Crippen LogP contribution in [0.1, 0.15) is 40.7 Å². The number of methoxy groups -OCH3 is 1. The van der Waals surface area contributed by atoms with E-state index in [1.807, 2.05) is 60.7 Å². The first kappa shape index (κ1) is 27.7. The molecule has 0 aliphatic rings. The van der Waals surface area contributed by atoms with Gasteiger partial charge in [-0.25, -0.2) is 9.78 Å². The number of aryl methyl sites for hydroxylation is 1. The van der Waals surface area contributed by atoms with Crippen molar-refractivity contribution in [2.75, 3.05) is 20.3 Å². The number of esters is 1. The normalized spacial score (nSPS) is 11.8. The molecule has 0 radical (unpaired) electrons. The van der Waals surface area contributed by atoms with Gasteiger partial charge in [-0.1, -0.05) is 66.7 Å². The number of hydrogen-bond acceptors (Lipinski definition) is 6. The number of benzene rings is 2. The van der Waals surface area contributed by atoms with E-state index in [2.05, 4.69) is 4.99 Å². The van der Waals surface area contributed by atoms with Crippen LogP contribution in [0.5, 0.6) is 0 Å². The lowest BCUT2D eigenvalue weighted by atomic mass is 9.91. The molecule has 0 N–H and O–H groups in total. The Morgan fingerprint density at radius 1 is 0.951 bits per heavy atom. The highest BCUT2D eigenvalue weighted by molar-refractivity contribution is 5.94. The van der Waals surface area contributed by atoms with Crippen molar-refractivity contribution in [2.24, 2.45) is 4.99 Å². The monoisotopic (exact) mass is 550 g/mol. The van der Waals surface area contributed by atoms with Crippen LogP contribution < -0.4 is 11.0 Å². The van der Waals surface area contributed by atoms with E-state index in [0.717, 1.165) is 11.1 Å². The molecule has 0 fully saturated rings. The molecule has 0 spiro atoms. The zero-order valence-corrected chi connectivity index (χ0v) is 22.9. The van der Waals surface area contributed by atoms with Crippen LogP contribution in [0.15, 0.2) is 101 Å². The first-order chi connectivity index (χ1) is 20.0. The van der Waals surface area contributed by atoms with E-state index >= 15 is 0 Å². The number of fused-ring (bicyclic) bond motifs is 2. The molecule has 9 heteroatoms. The standard InChI is InChI=1S/C32H30N4O5/c1-3-41-32(39)25-21-24-28(33-26-17-10-11-18-35(26)31(24)38)36(19-12-20-40-2)29(25)34-30(37)27(22-13-6-4-7-14-22)23-15-8-5-9-16-23/h4-11,13-18,21,27H,3,12,19-20H2,1-2H3. The first-order valence-electron chi connectivity index (χ1n) is 13.4. The Labute approximate surface area is 236 Å². The minimum atomic E-state index is -0.717. The summed E-state index contributed by atoms with van der Waals surface area (Å²) in [4.78, 5) is 50.3. The molecule has 1 amide bonds. The van der Waals surface area contributed by atoms with E-state index in [0.29, 0.717) is 30.9 Å². The number of pyridine rings is 2. The molecule has 0 bridgehead atoms. The molecule has 0 unspecified atom stereocenters. The Balaban J connectivity index is 1.83. The van der Waals surface area contributed by atoms with Crippen LogP contribution in [-0.2, 0) is 20.8 Å². The summed E-state index contributed by atoms with van der Waals surface area (Å²) in [6.45, 7) is 2.51. The van der Waals surface area contributed by atoms with Gasteiger partial charge in [0.05, 0.1) is 17.9 Å². The quantitative estimate of drug-likeness (QED) is 0.155. The van der Waals surface area contributed by atoms with Crippen LogP contribution in [0.4, 0.5) is 0 Å². The molecule has 0 saturated heterocycles. The molecule has 0 aliphatic carbocycles. The highest BCUT2D eigenvalue weighted by atomic mass is 16.5. The molecular weight excluding hydrogens is 520 g/mol. The van der Waals surface area contributed by atoms with E-state index in [9.17, 15) is 14.4 Å². The van der Waals surface area contributed by atoms with Gasteiger partial charge in [0.25, 0.3) is 11.5 Å². The Morgan fingerprint density at radius 2 is 1.61 bits per heavy atom. The third kappa shape index (κ3) is 5.71. The van der Waals surface area contributed by atoms with Crippen LogP contribution in [0.2, 0.25) is 0 Å². The van der Waals surface area contributed by atoms with Crippen molar-refractivity contribution in [1.82, 2.24) is 14.0 Å². The molecule has 5 rings (SSSR count). The molecule has 9 nitrogen and oxygen atoms in total.